The van der Waals surface area contributed by atoms with Crippen molar-refractivity contribution in [2.45, 2.75) is 75.8 Å². The number of hydrogen-bond acceptors (Lipinski definition) is 19. The Balaban J connectivity index is 0.000000148. The Hall–Kier alpha value is -11.0. The number of aromatic nitrogens is 9. The van der Waals surface area contributed by atoms with Crippen molar-refractivity contribution >= 4 is 92.0 Å². The standard InChI is InChI=1S/C27H29ClN8O3.C27H29ClN8O2.C24H25ClN8O2S/c1-27(2,38)39-26(37)36-11-9-35(10-12-36)25-19-7-6-18(28)14-20(19)21(13-17-5-4-8-31-23(17)25)24(32-33-29)22-15-30-16-34(22)3;1-17(2)38-27(37)36-11-9-35(10-12-36)26-20-7-6-19(28)14-21(20)22(13-18-5-4-8-31-24(18)26)25(32-33-29)23-15-30-16-34(23)3;1-31-15-27-14-21(31)23(29-30-26)20-12-16-4-3-7-28-22(16)24(18-6-5-17(25)13-19(18)20)32-8-10-33(11-9-32)36(2,34)35/h4-8,13-16,24-25,38H,9-12H2,1-3H3;4-8,13-17,25-26H,9-12H2,1-3H3;3-7,12-15,23-24H,8-11H2,1-2H3/t24?,25-;25?,26-;23?,24-/m000/s1. The molecular weight excluding hydrogens is 1520 g/mol. The maximum atomic E-state index is 12.5. The van der Waals surface area contributed by atoms with Crippen molar-refractivity contribution in [3.8, 4) is 0 Å². The topological polar surface area (TPSA) is 365 Å². The number of halogens is 3. The first-order chi connectivity index (χ1) is 54.3. The molecule has 3 fully saturated rings. The van der Waals surface area contributed by atoms with Gasteiger partial charge in [-0.1, -0.05) is 86.5 Å². The van der Waals surface area contributed by atoms with E-state index in [0.717, 1.165) is 101 Å². The fourth-order valence-electron chi connectivity index (χ4n) is 15.4. The highest BCUT2D eigenvalue weighted by Gasteiger charge is 2.41. The van der Waals surface area contributed by atoms with Crippen LogP contribution in [-0.4, -0.2) is 195 Å². The predicted molar refractivity (Wildman–Crippen MR) is 430 cm³/mol. The van der Waals surface area contributed by atoms with Gasteiger partial charge in [0.05, 0.1) is 83.6 Å². The minimum Gasteiger partial charge on any atom is -0.447 e. The number of aliphatic hydroxyl groups is 1. The fraction of sp³-hybridized carbons (Fsp3) is 0.359. The molecule has 3 aliphatic heterocycles. The monoisotopic (exact) mass is 1600 g/mol. The van der Waals surface area contributed by atoms with Crippen molar-refractivity contribution in [3.63, 3.8) is 0 Å². The Morgan fingerprint density at radius 2 is 0.832 bits per heavy atom. The van der Waals surface area contributed by atoms with Crippen molar-refractivity contribution in [1.82, 2.24) is 72.4 Å². The van der Waals surface area contributed by atoms with Crippen molar-refractivity contribution in [2.24, 2.45) is 36.5 Å². The molecule has 2 amide bonds. The molecule has 113 heavy (non-hydrogen) atoms. The van der Waals surface area contributed by atoms with Gasteiger partial charge in [0.15, 0.2) is 0 Å². The summed E-state index contributed by atoms with van der Waals surface area (Å²) in [6.07, 6.45) is 21.8. The summed E-state index contributed by atoms with van der Waals surface area (Å²) < 4.78 is 41.8. The van der Waals surface area contributed by atoms with Crippen molar-refractivity contribution in [2.75, 3.05) is 84.8 Å². The highest BCUT2D eigenvalue weighted by Crippen LogP contribution is 2.50. The minimum absolute atomic E-state index is 0.164. The quantitative estimate of drug-likeness (QED) is 0.0431. The summed E-state index contributed by atoms with van der Waals surface area (Å²) in [4.78, 5) is 71.9. The van der Waals surface area contributed by atoms with E-state index >= 15 is 0 Å². The molecule has 31 nitrogen and oxygen atoms in total. The number of aryl methyl sites for hydroxylation is 3. The minimum atomic E-state index is -3.26. The first-order valence-electron chi connectivity index (χ1n) is 36.5. The van der Waals surface area contributed by atoms with Gasteiger partial charge >= 0.3 is 12.2 Å². The second-order valence-electron chi connectivity index (χ2n) is 28.7. The highest BCUT2D eigenvalue weighted by molar-refractivity contribution is 7.88. The summed E-state index contributed by atoms with van der Waals surface area (Å²) in [6, 6.07) is 26.4. The van der Waals surface area contributed by atoms with Gasteiger partial charge < -0.3 is 38.1 Å². The average Bonchev–Trinajstić information content (AvgIpc) is 1.64. The lowest BCUT2D eigenvalue weighted by atomic mass is 9.90. The highest BCUT2D eigenvalue weighted by atomic mass is 35.5. The molecule has 0 saturated carbocycles. The summed E-state index contributed by atoms with van der Waals surface area (Å²) in [5.74, 6) is -1.55. The number of ether oxygens (including phenoxy) is 2. The van der Waals surface area contributed by atoms with Crippen LogP contribution >= 0.6 is 34.8 Å². The SMILES string of the molecule is CC(C)OC(=O)N1CCN([C@H]2c3ccc(Cl)cc3C(C(N=[N+]=[N-])c3cncn3C)=Cc3cccnc32)CC1.Cn1cncc1C(N=[N+]=[N-])C1=Cc2cccnc2[C@@H](N2CCN(C(=O)OC(C)(C)O)CC2)c2ccc(Cl)cc21.Cn1cncc1C(N=[N+]=[N-])C1=Cc2cccnc2[C@@H](N2CCN(S(C)(=O)=O)CC2)c2ccc(Cl)cc21. The van der Waals surface area contributed by atoms with Gasteiger partial charge in [-0.15, -0.1) is 0 Å². The molecule has 0 spiro atoms. The number of piperazine rings is 3. The van der Waals surface area contributed by atoms with Gasteiger partial charge in [0.25, 0.3) is 0 Å². The molecule has 15 rings (SSSR count). The third-order valence-electron chi connectivity index (χ3n) is 20.6. The summed E-state index contributed by atoms with van der Waals surface area (Å²) in [5, 5.41) is 24.2. The number of imidazole rings is 3. The van der Waals surface area contributed by atoms with Crippen LogP contribution < -0.4 is 0 Å². The molecule has 3 unspecified atom stereocenters. The first kappa shape index (κ1) is 80.1. The van der Waals surface area contributed by atoms with Crippen LogP contribution in [0.15, 0.2) is 163 Å². The van der Waals surface area contributed by atoms with E-state index in [0.29, 0.717) is 93.6 Å². The summed E-state index contributed by atoms with van der Waals surface area (Å²) >= 11 is 19.6. The lowest BCUT2D eigenvalue weighted by Gasteiger charge is -2.40. The number of amides is 2. The van der Waals surface area contributed by atoms with Crippen molar-refractivity contribution in [3.05, 3.63) is 278 Å². The van der Waals surface area contributed by atoms with Gasteiger partial charge in [-0.05, 0) is 170 Å². The largest absolute Gasteiger partial charge is 0.447 e. The Labute approximate surface area is 667 Å². The lowest BCUT2D eigenvalue weighted by molar-refractivity contribution is -0.140. The molecule has 1 N–H and O–H groups in total. The number of rotatable bonds is 15. The van der Waals surface area contributed by atoms with E-state index in [9.17, 15) is 39.7 Å². The summed E-state index contributed by atoms with van der Waals surface area (Å²) in [7, 11) is 2.33. The second kappa shape index (κ2) is 34.6. The molecular formula is C78H83Cl3N24O7S. The van der Waals surface area contributed by atoms with Crippen molar-refractivity contribution in [1.29, 1.82) is 0 Å². The number of fused-ring (bicyclic) bond motifs is 6. The second-order valence-corrected chi connectivity index (χ2v) is 32.0. The summed E-state index contributed by atoms with van der Waals surface area (Å²) in [5.41, 5.74) is 44.0. The molecule has 35 heteroatoms. The Bertz CT molecular complexity index is 5420. The van der Waals surface area contributed by atoms with Crippen LogP contribution in [0.2, 0.25) is 15.1 Å². The van der Waals surface area contributed by atoms with Gasteiger partial charge in [0.1, 0.15) is 18.1 Å². The van der Waals surface area contributed by atoms with E-state index in [1.54, 1.807) is 66.0 Å². The number of nitrogens with zero attached hydrogens (tertiary/aromatic N) is 24. The number of carbonyl (C=O) groups is 2. The molecule has 0 radical (unpaired) electrons. The van der Waals surface area contributed by atoms with Crippen LogP contribution in [0.5, 0.6) is 0 Å². The van der Waals surface area contributed by atoms with Gasteiger partial charge in [-0.2, -0.15) is 4.31 Å². The predicted octanol–water partition coefficient (Wildman–Crippen LogP) is 14.6. The smallest absolute Gasteiger partial charge is 0.412 e. The molecule has 3 aromatic carbocycles. The number of benzene rings is 3. The molecule has 6 aromatic heterocycles. The zero-order valence-corrected chi connectivity index (χ0v) is 66.4. The first-order valence-corrected chi connectivity index (χ1v) is 39.5. The molecule has 6 aliphatic rings. The Morgan fingerprint density at radius 1 is 0.513 bits per heavy atom. The number of carbonyl (C=O) groups excluding carboxylic acids is 2. The number of pyridine rings is 3. The Kier molecular flexibility index (Phi) is 24.5. The lowest BCUT2D eigenvalue weighted by Crippen LogP contribution is -2.51. The van der Waals surface area contributed by atoms with E-state index < -0.39 is 40.0 Å². The van der Waals surface area contributed by atoms with Gasteiger partial charge in [0.2, 0.25) is 15.8 Å². The zero-order valence-electron chi connectivity index (χ0n) is 63.3. The van der Waals surface area contributed by atoms with Crippen LogP contribution in [-0.2, 0) is 40.6 Å². The number of azide groups is 3. The molecule has 9 heterocycles. The maximum absolute atomic E-state index is 12.5. The Morgan fingerprint density at radius 3 is 1.12 bits per heavy atom. The van der Waals surface area contributed by atoms with Crippen LogP contribution in [0.25, 0.3) is 66.3 Å². The van der Waals surface area contributed by atoms with E-state index in [1.165, 1.54) is 24.4 Å². The third-order valence-corrected chi connectivity index (χ3v) is 22.6. The van der Waals surface area contributed by atoms with E-state index in [1.807, 2.05) is 158 Å². The van der Waals surface area contributed by atoms with Gasteiger partial charge in [0, 0.05) is 181 Å². The third kappa shape index (κ3) is 17.6. The molecule has 0 bridgehead atoms. The molecule has 584 valence electrons. The van der Waals surface area contributed by atoms with Crippen molar-refractivity contribution < 1.29 is 32.6 Å². The fourth-order valence-corrected chi connectivity index (χ4v) is 16.8. The van der Waals surface area contributed by atoms with E-state index in [4.69, 9.17) is 59.2 Å². The van der Waals surface area contributed by atoms with Crippen LogP contribution in [0.4, 0.5) is 9.59 Å². The van der Waals surface area contributed by atoms with Crippen LogP contribution in [0, 0.1) is 0 Å². The summed E-state index contributed by atoms with van der Waals surface area (Å²) in [6.45, 7) is 12.8. The molecule has 6 atom stereocenters. The average molecular weight is 1610 g/mol. The maximum Gasteiger partial charge on any atom is 0.412 e. The molecule has 9 aromatic rings. The molecule has 3 saturated heterocycles. The zero-order chi connectivity index (χ0) is 80.0. The van der Waals surface area contributed by atoms with E-state index in [2.05, 4.69) is 59.7 Å². The molecule has 3 aliphatic carbocycles. The number of sulfonamides is 1. The van der Waals surface area contributed by atoms with Crippen LogP contribution in [0.3, 0.4) is 0 Å². The number of hydrogen-bond donors (Lipinski definition) is 1. The van der Waals surface area contributed by atoms with Crippen LogP contribution in [0.1, 0.15) is 148 Å². The van der Waals surface area contributed by atoms with E-state index in [-0.39, 0.29) is 30.3 Å². The van der Waals surface area contributed by atoms with Gasteiger partial charge in [-0.3, -0.25) is 29.7 Å². The van der Waals surface area contributed by atoms with Gasteiger partial charge in [-0.25, -0.2) is 33.0 Å². The normalized spacial score (nSPS) is 18.6.